The SMILES string of the molecule is CC(C)C(CC(=O)O)NC(=O)c1ccc(Cl)c(N)c1. The maximum Gasteiger partial charge on any atom is 0.305 e. The Morgan fingerprint density at radius 1 is 1.42 bits per heavy atom. The minimum atomic E-state index is -0.949. The predicted octanol–water partition coefficient (Wildman–Crippen LogP) is 2.15. The number of carbonyl (C=O) groups excluding carboxylic acids is 1. The number of carbonyl (C=O) groups is 2. The molecule has 0 saturated heterocycles. The first-order valence-corrected chi connectivity index (χ1v) is 6.26. The molecule has 0 bridgehead atoms. The zero-order valence-corrected chi connectivity index (χ0v) is 11.6. The van der Waals surface area contributed by atoms with E-state index in [4.69, 9.17) is 22.4 Å². The summed E-state index contributed by atoms with van der Waals surface area (Å²) in [5, 5.41) is 11.9. The smallest absolute Gasteiger partial charge is 0.305 e. The van der Waals surface area contributed by atoms with Crippen LogP contribution >= 0.6 is 11.6 Å². The van der Waals surface area contributed by atoms with Gasteiger partial charge in [0.1, 0.15) is 0 Å². The van der Waals surface area contributed by atoms with E-state index in [2.05, 4.69) is 5.32 Å². The molecule has 19 heavy (non-hydrogen) atoms. The highest BCUT2D eigenvalue weighted by atomic mass is 35.5. The lowest BCUT2D eigenvalue weighted by Gasteiger charge is -2.20. The van der Waals surface area contributed by atoms with E-state index < -0.39 is 12.0 Å². The van der Waals surface area contributed by atoms with Crippen molar-refractivity contribution in [2.75, 3.05) is 5.73 Å². The molecular weight excluding hydrogens is 268 g/mol. The number of carboxylic acids is 1. The molecule has 1 aromatic carbocycles. The Labute approximate surface area is 116 Å². The van der Waals surface area contributed by atoms with Crippen LogP contribution in [-0.2, 0) is 4.79 Å². The van der Waals surface area contributed by atoms with Gasteiger partial charge in [-0.1, -0.05) is 25.4 Å². The van der Waals surface area contributed by atoms with Crippen LogP contribution in [-0.4, -0.2) is 23.0 Å². The van der Waals surface area contributed by atoms with Gasteiger partial charge in [-0.05, 0) is 24.1 Å². The molecule has 6 heteroatoms. The van der Waals surface area contributed by atoms with E-state index in [9.17, 15) is 9.59 Å². The number of nitrogens with one attached hydrogen (secondary N) is 1. The minimum absolute atomic E-state index is 0.0182. The molecule has 0 spiro atoms. The van der Waals surface area contributed by atoms with Crippen molar-refractivity contribution in [1.29, 1.82) is 0 Å². The largest absolute Gasteiger partial charge is 0.481 e. The van der Waals surface area contributed by atoms with Crippen LogP contribution in [0.25, 0.3) is 0 Å². The summed E-state index contributed by atoms with van der Waals surface area (Å²) in [6.07, 6.45) is -0.119. The third-order valence-electron chi connectivity index (χ3n) is 2.77. The number of nitrogen functional groups attached to an aromatic ring is 1. The van der Waals surface area contributed by atoms with E-state index in [0.717, 1.165) is 0 Å². The number of benzene rings is 1. The molecule has 104 valence electrons. The van der Waals surface area contributed by atoms with Gasteiger partial charge in [0.25, 0.3) is 5.91 Å². The Bertz CT molecular complexity index is 489. The number of anilines is 1. The molecule has 1 amide bonds. The standard InChI is InChI=1S/C13H17ClN2O3/c1-7(2)11(6-12(17)18)16-13(19)8-3-4-9(14)10(15)5-8/h3-5,7,11H,6,15H2,1-2H3,(H,16,19)(H,17,18). The number of rotatable bonds is 5. The first kappa shape index (κ1) is 15.3. The number of aliphatic carboxylic acids is 1. The molecule has 0 aliphatic rings. The van der Waals surface area contributed by atoms with Crippen molar-refractivity contribution >= 4 is 29.2 Å². The first-order chi connectivity index (χ1) is 8.81. The molecule has 0 heterocycles. The third kappa shape index (κ3) is 4.44. The fraction of sp³-hybridized carbons (Fsp3) is 0.385. The predicted molar refractivity (Wildman–Crippen MR) is 74.2 cm³/mol. The van der Waals surface area contributed by atoms with Gasteiger partial charge in [0, 0.05) is 11.6 Å². The second-order valence-corrected chi connectivity index (χ2v) is 5.07. The Kier molecular flexibility index (Phi) is 5.18. The first-order valence-electron chi connectivity index (χ1n) is 5.89. The second-order valence-electron chi connectivity index (χ2n) is 4.66. The molecule has 1 rings (SSSR count). The molecule has 0 aliphatic heterocycles. The number of carboxylic acid groups (broad SMARTS) is 1. The Balaban J connectivity index is 2.81. The van der Waals surface area contributed by atoms with Crippen molar-refractivity contribution < 1.29 is 14.7 Å². The van der Waals surface area contributed by atoms with Crippen LogP contribution in [0.3, 0.4) is 0 Å². The normalized spacial score (nSPS) is 12.2. The van der Waals surface area contributed by atoms with Crippen molar-refractivity contribution in [2.24, 2.45) is 5.92 Å². The molecule has 0 aliphatic carbocycles. The summed E-state index contributed by atoms with van der Waals surface area (Å²) in [5.41, 5.74) is 6.30. The van der Waals surface area contributed by atoms with Crippen LogP contribution < -0.4 is 11.1 Å². The summed E-state index contributed by atoms with van der Waals surface area (Å²) in [4.78, 5) is 22.7. The number of nitrogens with two attached hydrogens (primary N) is 1. The van der Waals surface area contributed by atoms with Crippen LogP contribution in [0, 0.1) is 5.92 Å². The number of hydrogen-bond donors (Lipinski definition) is 3. The van der Waals surface area contributed by atoms with Crippen LogP contribution in [0.4, 0.5) is 5.69 Å². The lowest BCUT2D eigenvalue weighted by atomic mass is 10.0. The van der Waals surface area contributed by atoms with Crippen LogP contribution in [0.2, 0.25) is 5.02 Å². The fourth-order valence-electron chi connectivity index (χ4n) is 1.58. The van der Waals surface area contributed by atoms with E-state index in [0.29, 0.717) is 16.3 Å². The highest BCUT2D eigenvalue weighted by molar-refractivity contribution is 6.33. The van der Waals surface area contributed by atoms with Crippen molar-refractivity contribution in [3.8, 4) is 0 Å². The van der Waals surface area contributed by atoms with Gasteiger partial charge in [0.05, 0.1) is 17.1 Å². The summed E-state index contributed by atoms with van der Waals surface area (Å²) in [5.74, 6) is -1.29. The zero-order valence-electron chi connectivity index (χ0n) is 10.8. The Morgan fingerprint density at radius 3 is 2.53 bits per heavy atom. The quantitative estimate of drug-likeness (QED) is 0.722. The molecule has 1 aromatic rings. The lowest BCUT2D eigenvalue weighted by molar-refractivity contribution is -0.137. The van der Waals surface area contributed by atoms with Crippen molar-refractivity contribution in [1.82, 2.24) is 5.32 Å². The summed E-state index contributed by atoms with van der Waals surface area (Å²) >= 11 is 5.78. The van der Waals surface area contributed by atoms with E-state index in [1.165, 1.54) is 12.1 Å². The van der Waals surface area contributed by atoms with Gasteiger partial charge in [-0.3, -0.25) is 9.59 Å². The van der Waals surface area contributed by atoms with Gasteiger partial charge >= 0.3 is 5.97 Å². The molecule has 0 saturated carbocycles. The maximum absolute atomic E-state index is 12.0. The topological polar surface area (TPSA) is 92.4 Å². The highest BCUT2D eigenvalue weighted by Gasteiger charge is 2.20. The van der Waals surface area contributed by atoms with Gasteiger partial charge < -0.3 is 16.2 Å². The average Bonchev–Trinajstić information content (AvgIpc) is 2.31. The summed E-state index contributed by atoms with van der Waals surface area (Å²) < 4.78 is 0. The van der Waals surface area contributed by atoms with Gasteiger partial charge in [-0.2, -0.15) is 0 Å². The maximum atomic E-state index is 12.0. The molecule has 0 radical (unpaired) electrons. The molecule has 0 aromatic heterocycles. The monoisotopic (exact) mass is 284 g/mol. The van der Waals surface area contributed by atoms with Crippen LogP contribution in [0.1, 0.15) is 30.6 Å². The molecule has 1 atom stereocenters. The number of amides is 1. The van der Waals surface area contributed by atoms with Gasteiger partial charge in [0.2, 0.25) is 0 Å². The zero-order chi connectivity index (χ0) is 14.6. The molecule has 0 fully saturated rings. The summed E-state index contributed by atoms with van der Waals surface area (Å²) in [6.45, 7) is 3.70. The molecule has 5 nitrogen and oxygen atoms in total. The Hall–Kier alpha value is -1.75. The number of halogens is 1. The number of hydrogen-bond acceptors (Lipinski definition) is 3. The lowest BCUT2D eigenvalue weighted by Crippen LogP contribution is -2.40. The van der Waals surface area contributed by atoms with Crippen LogP contribution in [0.5, 0.6) is 0 Å². The van der Waals surface area contributed by atoms with Crippen molar-refractivity contribution in [2.45, 2.75) is 26.3 Å². The molecular formula is C13H17ClN2O3. The molecule has 1 unspecified atom stereocenters. The van der Waals surface area contributed by atoms with E-state index in [1.807, 2.05) is 13.8 Å². The highest BCUT2D eigenvalue weighted by Crippen LogP contribution is 2.19. The fourth-order valence-corrected chi connectivity index (χ4v) is 1.70. The summed E-state index contributed by atoms with van der Waals surface area (Å²) in [6, 6.07) is 4.12. The van der Waals surface area contributed by atoms with Gasteiger partial charge in [-0.25, -0.2) is 0 Å². The third-order valence-corrected chi connectivity index (χ3v) is 3.12. The second kappa shape index (κ2) is 6.43. The van der Waals surface area contributed by atoms with E-state index >= 15 is 0 Å². The van der Waals surface area contributed by atoms with Gasteiger partial charge in [0.15, 0.2) is 0 Å². The molecule has 4 N–H and O–H groups in total. The van der Waals surface area contributed by atoms with Crippen molar-refractivity contribution in [3.63, 3.8) is 0 Å². The van der Waals surface area contributed by atoms with E-state index in [1.54, 1.807) is 6.07 Å². The summed E-state index contributed by atoms with van der Waals surface area (Å²) in [7, 11) is 0. The van der Waals surface area contributed by atoms with E-state index in [-0.39, 0.29) is 18.2 Å². The van der Waals surface area contributed by atoms with Crippen LogP contribution in [0.15, 0.2) is 18.2 Å². The van der Waals surface area contributed by atoms with Gasteiger partial charge in [-0.15, -0.1) is 0 Å². The average molecular weight is 285 g/mol. The minimum Gasteiger partial charge on any atom is -0.481 e. The Morgan fingerprint density at radius 2 is 2.05 bits per heavy atom. The van der Waals surface area contributed by atoms with Crippen molar-refractivity contribution in [3.05, 3.63) is 28.8 Å².